The van der Waals surface area contributed by atoms with Crippen molar-refractivity contribution in [2.45, 2.75) is 331 Å². The zero-order chi connectivity index (χ0) is 96.3. The standard InChI is InChI=1S/C33H52N4O2Si2.C27H38N4O2Si.C27H36N4O2Si.C21H24N4O2/c1-32(2,3)40(7,8)38-21-24-19-25(20-29(24)39-41(9,10)33(4,5)6)37-18-17-27-30(34-22-35-31(27)37)36-28-16-15-23-13-11-12-14-26(23)28;2*1-27(2,3)34(4,5)33-24-15-20(14-19(24)16-32)31-13-12-22-25(28-17-29-26(22)31)30-23-11-10-18-8-6-7-9-21(18)23;26-11-14-9-15(10-19(14)27)25-8-7-17-20(22-12-23-21(17)25)24-18-6-5-13-3-1-2-4-16(13)18/h11-14,17-18,22,24-25,28-29H,15-16,19-21H2,1-10H3,(H,34,35,36);6-9,12-13,17,19-20,23-24,32H,10-11,14-16H2,1-5H3,(H,28,29,30);6-9,12-13,16-17,19-20,23-24H,10-11,14-15H2,1-5H3,(H,28,29,30);1-4,7-8,12,14-15,18-19,26-27H,5-6,9-11H2,(H,22,23,24)/t24-,25+,28-,29-;2*19-,20+,23-,24-;14-,15+,18-,19-/m0000/s1. The molecule has 726 valence electrons. The molecule has 20 rings (SSSR count). The predicted octanol–water partition coefficient (Wildman–Crippen LogP) is 23.7. The topological polar surface area (TPSA) is 286 Å². The minimum absolute atomic E-state index is 0.0275. The van der Waals surface area contributed by atoms with E-state index in [-0.39, 0.29) is 106 Å². The number of carbonyl (C=O) groups is 1. The lowest BCUT2D eigenvalue weighted by Gasteiger charge is -2.41. The van der Waals surface area contributed by atoms with Crippen molar-refractivity contribution in [2.75, 3.05) is 41.1 Å². The van der Waals surface area contributed by atoms with E-state index in [1.54, 1.807) is 25.3 Å². The van der Waals surface area contributed by atoms with Gasteiger partial charge in [0.1, 0.15) is 77.5 Å². The third kappa shape index (κ3) is 20.5. The molecule has 4 fully saturated rings. The molecule has 28 heteroatoms. The lowest BCUT2D eigenvalue weighted by Crippen LogP contribution is -2.46. The Labute approximate surface area is 809 Å². The van der Waals surface area contributed by atoms with E-state index >= 15 is 0 Å². The number of hydrogen-bond acceptors (Lipinski definition) is 20. The molecule has 16 atom stereocenters. The summed E-state index contributed by atoms with van der Waals surface area (Å²) >= 11 is 0. The number of nitrogens with one attached hydrogen (secondary N) is 4. The first kappa shape index (κ1) is 98.4. The van der Waals surface area contributed by atoms with E-state index in [1.165, 1.54) is 44.5 Å². The molecule has 136 heavy (non-hydrogen) atoms. The summed E-state index contributed by atoms with van der Waals surface area (Å²) in [5, 5.41) is 49.3. The van der Waals surface area contributed by atoms with Gasteiger partial charge in [0.2, 0.25) is 0 Å². The van der Waals surface area contributed by atoms with Crippen LogP contribution in [0.3, 0.4) is 0 Å². The number of aryl methyl sites for hydroxylation is 4. The van der Waals surface area contributed by atoms with Gasteiger partial charge in [0.15, 0.2) is 33.3 Å². The molecule has 0 amide bonds. The van der Waals surface area contributed by atoms with Crippen molar-refractivity contribution in [3.05, 3.63) is 216 Å². The maximum absolute atomic E-state index is 12.0. The predicted molar refractivity (Wildman–Crippen MR) is 557 cm³/mol. The Morgan fingerprint density at radius 2 is 0.632 bits per heavy atom. The molecular formula is C108H150N16O8Si4. The summed E-state index contributed by atoms with van der Waals surface area (Å²) in [5.41, 5.74) is 15.0. The summed E-state index contributed by atoms with van der Waals surface area (Å²) in [6.07, 6.45) is 31.6. The molecule has 0 radical (unpaired) electrons. The highest BCUT2D eigenvalue weighted by molar-refractivity contribution is 6.75. The average Bonchev–Trinajstić information content (AvgIpc) is 1.63. The highest BCUT2D eigenvalue weighted by Crippen LogP contribution is 2.52. The minimum Gasteiger partial charge on any atom is -0.416 e. The van der Waals surface area contributed by atoms with Crippen LogP contribution >= 0.6 is 0 Å². The van der Waals surface area contributed by atoms with Crippen LogP contribution in [-0.4, -0.2) is 157 Å². The van der Waals surface area contributed by atoms with Crippen molar-refractivity contribution in [3.63, 3.8) is 0 Å². The number of fused-ring (bicyclic) bond motifs is 8. The van der Waals surface area contributed by atoms with Crippen molar-refractivity contribution in [1.82, 2.24) is 58.1 Å². The molecule has 4 saturated carbocycles. The van der Waals surface area contributed by atoms with Gasteiger partial charge in [0, 0.05) is 92.4 Å². The molecule has 0 unspecified atom stereocenters. The van der Waals surface area contributed by atoms with Crippen molar-refractivity contribution >= 4 is 107 Å². The minimum atomic E-state index is -1.96. The molecule has 8 aliphatic rings. The number of aliphatic hydroxyl groups excluding tert-OH is 3. The van der Waals surface area contributed by atoms with E-state index in [9.17, 15) is 20.1 Å². The fourth-order valence-corrected chi connectivity index (χ4v) is 26.7. The number of rotatable bonds is 24. The van der Waals surface area contributed by atoms with Gasteiger partial charge in [-0.2, -0.15) is 0 Å². The normalized spacial score (nSPS) is 25.1. The van der Waals surface area contributed by atoms with E-state index < -0.39 is 39.4 Å². The number of aldehydes is 1. The molecule has 12 aromatic rings. The largest absolute Gasteiger partial charge is 0.416 e. The summed E-state index contributed by atoms with van der Waals surface area (Å²) in [6, 6.07) is 45.2. The Hall–Kier alpha value is -9.18. The van der Waals surface area contributed by atoms with Crippen LogP contribution in [0.2, 0.25) is 72.5 Å². The van der Waals surface area contributed by atoms with Crippen LogP contribution in [0.15, 0.2) is 171 Å². The Bertz CT molecular complexity index is 6180. The van der Waals surface area contributed by atoms with Gasteiger partial charge in [-0.1, -0.05) is 180 Å². The average molecular weight is 1910 g/mol. The van der Waals surface area contributed by atoms with Crippen LogP contribution < -0.4 is 21.3 Å². The molecule has 7 N–H and O–H groups in total. The Kier molecular flexibility index (Phi) is 28.6. The van der Waals surface area contributed by atoms with Crippen molar-refractivity contribution in [3.8, 4) is 0 Å². The quantitative estimate of drug-likeness (QED) is 0.0219. The summed E-state index contributed by atoms with van der Waals surface area (Å²) in [4.78, 5) is 49.0. The van der Waals surface area contributed by atoms with Gasteiger partial charge in [-0.3, -0.25) is 0 Å². The van der Waals surface area contributed by atoms with Crippen molar-refractivity contribution < 1.29 is 37.8 Å². The third-order valence-corrected chi connectivity index (χ3v) is 51.6. The number of aliphatic hydroxyl groups is 3. The monoisotopic (exact) mass is 1910 g/mol. The lowest BCUT2D eigenvalue weighted by molar-refractivity contribution is -0.113. The molecule has 0 saturated heterocycles. The molecule has 8 aliphatic carbocycles. The van der Waals surface area contributed by atoms with E-state index in [0.29, 0.717) is 24.4 Å². The Morgan fingerprint density at radius 1 is 0.353 bits per heavy atom. The SMILES string of the molecule is CC(C)(C)[Si](C)(C)OC[C@@H]1C[C@@H](n2ccc3c(N[C@H]4CCc5ccccc54)ncnc32)C[C@@H]1O[Si](C)(C)C(C)(C)C.CC(C)(C)[Si](C)(C)O[C@H]1C[C@H](n2ccc3c(N[C@H]4CCc5ccccc54)ncnc32)C[C@H]1C=O.CC(C)(C)[Si](C)(C)O[C@H]1C[C@H](n2ccc3c(N[C@H]4CCc5ccccc54)ncnc32)C[C@H]1CO.OC[C@@H]1C[C@@H](n2ccc3c(N[C@H]4CCc5ccccc54)ncnc32)C[C@@H]1O. The van der Waals surface area contributed by atoms with Gasteiger partial charge in [-0.25, -0.2) is 39.9 Å². The van der Waals surface area contributed by atoms with Crippen molar-refractivity contribution in [1.29, 1.82) is 0 Å². The summed E-state index contributed by atoms with van der Waals surface area (Å²) in [7, 11) is -7.67. The number of hydrogen-bond donors (Lipinski definition) is 7. The highest BCUT2D eigenvalue weighted by Gasteiger charge is 2.50. The van der Waals surface area contributed by atoms with E-state index in [0.717, 1.165) is 177 Å². The van der Waals surface area contributed by atoms with Crippen LogP contribution in [0, 0.1) is 23.7 Å². The first-order valence-corrected chi connectivity index (χ1v) is 62.0. The van der Waals surface area contributed by atoms with Gasteiger partial charge < -0.3 is 77.4 Å². The molecular weight excluding hydrogens is 1760 g/mol. The van der Waals surface area contributed by atoms with Crippen LogP contribution in [0.1, 0.15) is 253 Å². The number of carbonyl (C=O) groups excluding carboxylic acids is 1. The van der Waals surface area contributed by atoms with Gasteiger partial charge >= 0.3 is 0 Å². The molecule has 4 aromatic carbocycles. The number of aromatic nitrogens is 12. The highest BCUT2D eigenvalue weighted by atomic mass is 28.4. The molecule has 8 aromatic heterocycles. The van der Waals surface area contributed by atoms with Gasteiger partial charge in [0.25, 0.3) is 0 Å². The first-order valence-electron chi connectivity index (χ1n) is 50.3. The lowest BCUT2D eigenvalue weighted by atomic mass is 10.1. The fourth-order valence-electron chi connectivity index (χ4n) is 21.4. The Balaban J connectivity index is 0.000000127. The summed E-state index contributed by atoms with van der Waals surface area (Å²) in [5.74, 6) is 3.97. The van der Waals surface area contributed by atoms with Gasteiger partial charge in [0.05, 0.1) is 70.1 Å². The van der Waals surface area contributed by atoms with Crippen molar-refractivity contribution in [2.24, 2.45) is 23.7 Å². The van der Waals surface area contributed by atoms with E-state index in [2.05, 4.69) is 345 Å². The second-order valence-electron chi connectivity index (χ2n) is 46.3. The molecule has 0 spiro atoms. The first-order chi connectivity index (χ1) is 64.7. The number of benzene rings is 4. The summed E-state index contributed by atoms with van der Waals surface area (Å²) in [6.45, 7) is 47.1. The third-order valence-electron chi connectivity index (χ3n) is 33.6. The van der Waals surface area contributed by atoms with Gasteiger partial charge in [-0.05, 0) is 244 Å². The maximum atomic E-state index is 12.0. The molecule has 0 aliphatic heterocycles. The van der Waals surface area contributed by atoms with Crippen LogP contribution in [0.5, 0.6) is 0 Å². The zero-order valence-electron chi connectivity index (χ0n) is 84.2. The van der Waals surface area contributed by atoms with E-state index in [4.69, 9.17) is 27.7 Å². The van der Waals surface area contributed by atoms with Gasteiger partial charge in [-0.15, -0.1) is 0 Å². The fraction of sp³-hybridized carbons (Fsp3) is 0.546. The number of anilines is 4. The second-order valence-corrected chi connectivity index (χ2v) is 65.4. The zero-order valence-corrected chi connectivity index (χ0v) is 88.2. The Morgan fingerprint density at radius 3 is 0.941 bits per heavy atom. The van der Waals surface area contributed by atoms with Crippen LogP contribution in [0.25, 0.3) is 44.1 Å². The smallest absolute Gasteiger partial charge is 0.192 e. The molecule has 8 heterocycles. The maximum Gasteiger partial charge on any atom is 0.192 e. The molecule has 0 bridgehead atoms. The summed E-state index contributed by atoms with van der Waals surface area (Å²) < 4.78 is 36.4. The molecule has 24 nitrogen and oxygen atoms in total. The van der Waals surface area contributed by atoms with Crippen LogP contribution in [0.4, 0.5) is 23.3 Å². The van der Waals surface area contributed by atoms with E-state index in [1.807, 2.05) is 6.20 Å². The second kappa shape index (κ2) is 39.5. The van der Waals surface area contributed by atoms with Crippen LogP contribution in [-0.2, 0) is 48.2 Å². The number of nitrogens with zero attached hydrogens (tertiary/aromatic N) is 12.